The van der Waals surface area contributed by atoms with Crippen LogP contribution in [0.5, 0.6) is 0 Å². The summed E-state index contributed by atoms with van der Waals surface area (Å²) in [6, 6.07) is 11.2. The maximum absolute atomic E-state index is 12.7. The van der Waals surface area contributed by atoms with Gasteiger partial charge in [0.2, 0.25) is 0 Å². The molecular formula is C18H15Cl2N3O3S. The van der Waals surface area contributed by atoms with E-state index in [1.807, 2.05) is 32.0 Å². The fraction of sp³-hybridized carbons (Fsp3) is 0.111. The highest BCUT2D eigenvalue weighted by molar-refractivity contribution is 7.92. The molecule has 0 unspecified atom stereocenters. The average molecular weight is 424 g/mol. The van der Waals surface area contributed by atoms with Crippen molar-refractivity contribution in [1.82, 2.24) is 9.78 Å². The predicted octanol–water partition coefficient (Wildman–Crippen LogP) is 3.96. The van der Waals surface area contributed by atoms with Crippen molar-refractivity contribution in [3.63, 3.8) is 0 Å². The van der Waals surface area contributed by atoms with Crippen LogP contribution in [-0.2, 0) is 10.0 Å². The van der Waals surface area contributed by atoms with Crippen LogP contribution in [0.4, 0.5) is 5.69 Å². The SMILES string of the molecule is Cc1cccc(C)c1NS(=O)(=O)c1ccc(-n2ncc(Cl)c(Cl)c2=O)cc1. The molecule has 0 aliphatic rings. The smallest absolute Gasteiger partial charge is 0.279 e. The van der Waals surface area contributed by atoms with Gasteiger partial charge >= 0.3 is 0 Å². The van der Waals surface area contributed by atoms with Crippen molar-refractivity contribution in [3.05, 3.63) is 80.2 Å². The highest BCUT2D eigenvalue weighted by Gasteiger charge is 2.17. The second-order valence-corrected chi connectivity index (χ2v) is 8.36. The number of hydrogen-bond acceptors (Lipinski definition) is 4. The van der Waals surface area contributed by atoms with E-state index >= 15 is 0 Å². The number of aryl methyl sites for hydroxylation is 2. The zero-order valence-corrected chi connectivity index (χ0v) is 16.7. The molecule has 140 valence electrons. The number of nitrogens with one attached hydrogen (secondary N) is 1. The van der Waals surface area contributed by atoms with Crippen molar-refractivity contribution in [2.75, 3.05) is 4.72 Å². The van der Waals surface area contributed by atoms with E-state index in [-0.39, 0.29) is 14.9 Å². The summed E-state index contributed by atoms with van der Waals surface area (Å²) in [7, 11) is -3.79. The molecule has 0 amide bonds. The van der Waals surface area contributed by atoms with Crippen LogP contribution in [0.15, 0.2) is 58.4 Å². The molecule has 1 heterocycles. The number of halogens is 2. The molecule has 2 aromatic carbocycles. The van der Waals surface area contributed by atoms with E-state index in [0.29, 0.717) is 11.4 Å². The molecule has 0 bridgehead atoms. The molecule has 3 rings (SSSR count). The van der Waals surface area contributed by atoms with Crippen molar-refractivity contribution in [3.8, 4) is 5.69 Å². The van der Waals surface area contributed by atoms with Crippen molar-refractivity contribution >= 4 is 38.9 Å². The van der Waals surface area contributed by atoms with Crippen molar-refractivity contribution in [2.45, 2.75) is 18.7 Å². The number of rotatable bonds is 4. The minimum atomic E-state index is -3.79. The van der Waals surface area contributed by atoms with Gasteiger partial charge in [0.1, 0.15) is 5.02 Å². The number of benzene rings is 2. The molecule has 27 heavy (non-hydrogen) atoms. The largest absolute Gasteiger partial charge is 0.291 e. The highest BCUT2D eigenvalue weighted by Crippen LogP contribution is 2.24. The Morgan fingerprint density at radius 2 is 1.59 bits per heavy atom. The number of aromatic nitrogens is 2. The van der Waals surface area contributed by atoms with Gasteiger partial charge in [0.25, 0.3) is 15.6 Å². The molecule has 0 atom stereocenters. The monoisotopic (exact) mass is 423 g/mol. The summed E-state index contributed by atoms with van der Waals surface area (Å²) in [5, 5.41) is 3.81. The summed E-state index contributed by atoms with van der Waals surface area (Å²) in [4.78, 5) is 12.2. The Kier molecular flexibility index (Phi) is 5.28. The normalized spacial score (nSPS) is 11.4. The van der Waals surface area contributed by atoms with E-state index in [0.717, 1.165) is 15.8 Å². The van der Waals surface area contributed by atoms with Gasteiger partial charge in [0.05, 0.1) is 27.5 Å². The molecular weight excluding hydrogens is 409 g/mol. The first-order valence-corrected chi connectivity index (χ1v) is 10.1. The molecule has 0 aliphatic carbocycles. The first-order chi connectivity index (χ1) is 12.7. The van der Waals surface area contributed by atoms with E-state index in [9.17, 15) is 13.2 Å². The molecule has 0 spiro atoms. The van der Waals surface area contributed by atoms with Crippen molar-refractivity contribution in [1.29, 1.82) is 0 Å². The first-order valence-electron chi connectivity index (χ1n) is 7.83. The van der Waals surface area contributed by atoms with Crippen LogP contribution in [0, 0.1) is 13.8 Å². The number of para-hydroxylation sites is 1. The van der Waals surface area contributed by atoms with Gasteiger partial charge in [-0.2, -0.15) is 9.78 Å². The average Bonchev–Trinajstić information content (AvgIpc) is 2.63. The summed E-state index contributed by atoms with van der Waals surface area (Å²) in [5.41, 5.74) is 1.96. The Bertz CT molecular complexity index is 1150. The number of anilines is 1. The molecule has 0 fully saturated rings. The van der Waals surface area contributed by atoms with Crippen LogP contribution in [0.25, 0.3) is 5.69 Å². The quantitative estimate of drug-likeness (QED) is 0.688. The van der Waals surface area contributed by atoms with Gasteiger partial charge in [-0.3, -0.25) is 9.52 Å². The number of hydrogen-bond donors (Lipinski definition) is 1. The van der Waals surface area contributed by atoms with Crippen molar-refractivity contribution < 1.29 is 8.42 Å². The van der Waals surface area contributed by atoms with E-state index in [1.165, 1.54) is 30.5 Å². The lowest BCUT2D eigenvalue weighted by atomic mass is 10.1. The van der Waals surface area contributed by atoms with Gasteiger partial charge in [0.15, 0.2) is 0 Å². The predicted molar refractivity (Wildman–Crippen MR) is 107 cm³/mol. The Hall–Kier alpha value is -2.35. The zero-order valence-electron chi connectivity index (χ0n) is 14.4. The van der Waals surface area contributed by atoms with E-state index in [1.54, 1.807) is 0 Å². The molecule has 1 N–H and O–H groups in total. The van der Waals surface area contributed by atoms with Gasteiger partial charge in [0, 0.05) is 0 Å². The van der Waals surface area contributed by atoms with Crippen molar-refractivity contribution in [2.24, 2.45) is 0 Å². The van der Waals surface area contributed by atoms with Gasteiger partial charge in [-0.05, 0) is 49.2 Å². The zero-order chi connectivity index (χ0) is 19.8. The lowest BCUT2D eigenvalue weighted by molar-refractivity contribution is 0.601. The highest BCUT2D eigenvalue weighted by atomic mass is 35.5. The molecule has 1 aromatic heterocycles. The topological polar surface area (TPSA) is 81.1 Å². The molecule has 0 radical (unpaired) electrons. The van der Waals surface area contributed by atoms with Gasteiger partial charge in [-0.15, -0.1) is 0 Å². The van der Waals surface area contributed by atoms with Crippen LogP contribution in [0.2, 0.25) is 10.0 Å². The van der Waals surface area contributed by atoms with Crippen LogP contribution in [0.3, 0.4) is 0 Å². The standard InChI is InChI=1S/C18H15Cl2N3O3S/c1-11-4-3-5-12(2)17(11)22-27(25,26)14-8-6-13(7-9-14)23-18(24)16(20)15(19)10-21-23/h3-10,22H,1-2H3. The fourth-order valence-electron chi connectivity index (χ4n) is 2.53. The number of sulfonamides is 1. The Morgan fingerprint density at radius 1 is 1.00 bits per heavy atom. The fourth-order valence-corrected chi connectivity index (χ4v) is 3.99. The van der Waals surface area contributed by atoms with Gasteiger partial charge < -0.3 is 0 Å². The maximum Gasteiger partial charge on any atom is 0.291 e. The van der Waals surface area contributed by atoms with Crippen LogP contribution in [0.1, 0.15) is 11.1 Å². The summed E-state index contributed by atoms with van der Waals surface area (Å²) < 4.78 is 29.0. The van der Waals surface area contributed by atoms with Crippen LogP contribution < -0.4 is 10.3 Å². The van der Waals surface area contributed by atoms with Gasteiger partial charge in [-0.1, -0.05) is 41.4 Å². The van der Waals surface area contributed by atoms with Gasteiger partial charge in [-0.25, -0.2) is 8.42 Å². The summed E-state index contributed by atoms with van der Waals surface area (Å²) in [6.07, 6.45) is 1.25. The molecule has 0 aliphatic heterocycles. The van der Waals surface area contributed by atoms with E-state index in [2.05, 4.69) is 9.82 Å². The molecule has 3 aromatic rings. The molecule has 0 saturated carbocycles. The second kappa shape index (κ2) is 7.34. The Balaban J connectivity index is 1.96. The third-order valence-electron chi connectivity index (χ3n) is 3.99. The Morgan fingerprint density at radius 3 is 2.19 bits per heavy atom. The summed E-state index contributed by atoms with van der Waals surface area (Å²) in [5.74, 6) is 0. The summed E-state index contributed by atoms with van der Waals surface area (Å²) >= 11 is 11.6. The third-order valence-corrected chi connectivity index (χ3v) is 6.10. The number of nitrogens with zero attached hydrogens (tertiary/aromatic N) is 2. The first kappa shape index (κ1) is 19.4. The van der Waals surface area contributed by atoms with E-state index in [4.69, 9.17) is 23.2 Å². The minimum Gasteiger partial charge on any atom is -0.279 e. The van der Waals surface area contributed by atoms with Crippen LogP contribution >= 0.6 is 23.2 Å². The van der Waals surface area contributed by atoms with Crippen LogP contribution in [-0.4, -0.2) is 18.2 Å². The lowest BCUT2D eigenvalue weighted by Gasteiger charge is -2.13. The summed E-state index contributed by atoms with van der Waals surface area (Å²) in [6.45, 7) is 3.66. The maximum atomic E-state index is 12.7. The molecule has 9 heteroatoms. The minimum absolute atomic E-state index is 0.0508. The Labute approximate surface area is 166 Å². The molecule has 6 nitrogen and oxygen atoms in total. The molecule has 0 saturated heterocycles. The van der Waals surface area contributed by atoms with E-state index < -0.39 is 15.6 Å². The third kappa shape index (κ3) is 3.85. The second-order valence-electron chi connectivity index (χ2n) is 5.89. The lowest BCUT2D eigenvalue weighted by Crippen LogP contribution is -2.21.